The van der Waals surface area contributed by atoms with E-state index >= 15 is 0 Å². The van der Waals surface area contributed by atoms with Crippen molar-refractivity contribution < 1.29 is 4.79 Å². The van der Waals surface area contributed by atoms with Gasteiger partial charge in [-0.05, 0) is 20.8 Å². The molecular weight excluding hydrogens is 284 g/mol. The molecule has 0 aliphatic carbocycles. The maximum atomic E-state index is 12.2. The molecule has 0 aliphatic rings. The van der Waals surface area contributed by atoms with E-state index in [1.807, 2.05) is 26.2 Å². The van der Waals surface area contributed by atoms with Crippen molar-refractivity contribution in [2.24, 2.45) is 0 Å². The Morgan fingerprint density at radius 2 is 1.90 bits per heavy atom. The first-order valence-corrected chi connectivity index (χ1v) is 7.78. The molecule has 2 aromatic rings. The number of thiazole rings is 1. The minimum atomic E-state index is -0.180. The highest BCUT2D eigenvalue weighted by Crippen LogP contribution is 2.26. The third kappa shape index (κ3) is 3.69. The molecule has 0 unspecified atom stereocenters. The van der Waals surface area contributed by atoms with Crippen LogP contribution in [0, 0.1) is 0 Å². The third-order valence-corrected chi connectivity index (χ3v) is 3.78. The number of hydrogen-bond acceptors (Lipinski definition) is 4. The molecule has 0 radical (unpaired) electrons. The molecular formula is C15H22N4OS. The van der Waals surface area contributed by atoms with Gasteiger partial charge < -0.3 is 0 Å². The first kappa shape index (κ1) is 15.7. The Balaban J connectivity index is 2.11. The number of carbonyl (C=O) groups is 1. The van der Waals surface area contributed by atoms with Gasteiger partial charge in [-0.25, -0.2) is 4.98 Å². The van der Waals surface area contributed by atoms with E-state index in [-0.39, 0.29) is 16.9 Å². The molecule has 2 aromatic heterocycles. The van der Waals surface area contributed by atoms with Crippen molar-refractivity contribution in [2.75, 3.05) is 5.32 Å². The Labute approximate surface area is 129 Å². The summed E-state index contributed by atoms with van der Waals surface area (Å²) in [5.41, 5.74) is 1.36. The van der Waals surface area contributed by atoms with Gasteiger partial charge in [0.25, 0.3) is 5.91 Å². The molecule has 0 spiro atoms. The molecule has 2 rings (SSSR count). The minimum Gasteiger partial charge on any atom is -0.298 e. The minimum absolute atomic E-state index is 0.0173. The van der Waals surface area contributed by atoms with Crippen molar-refractivity contribution in [2.45, 2.75) is 52.5 Å². The van der Waals surface area contributed by atoms with Crippen LogP contribution in [0.4, 0.5) is 5.13 Å². The van der Waals surface area contributed by atoms with Crippen LogP contribution < -0.4 is 5.32 Å². The highest BCUT2D eigenvalue weighted by Gasteiger charge is 2.20. The first-order chi connectivity index (χ1) is 9.57. The van der Waals surface area contributed by atoms with E-state index < -0.39 is 0 Å². The first-order valence-electron chi connectivity index (χ1n) is 6.90. The van der Waals surface area contributed by atoms with Gasteiger partial charge in [-0.2, -0.15) is 5.10 Å². The molecule has 6 heteroatoms. The molecule has 21 heavy (non-hydrogen) atoms. The second-order valence-corrected chi connectivity index (χ2v) is 7.94. The number of rotatable bonds is 2. The Kier molecular flexibility index (Phi) is 3.93. The van der Waals surface area contributed by atoms with Crippen LogP contribution in [0.5, 0.6) is 0 Å². The number of aromatic nitrogens is 3. The van der Waals surface area contributed by atoms with Gasteiger partial charge in [-0.15, -0.1) is 11.3 Å². The van der Waals surface area contributed by atoms with Crippen LogP contribution in [0.1, 0.15) is 57.6 Å². The molecule has 114 valence electrons. The summed E-state index contributed by atoms with van der Waals surface area (Å²) in [4.78, 5) is 16.7. The molecule has 5 nitrogen and oxygen atoms in total. The van der Waals surface area contributed by atoms with Crippen molar-refractivity contribution in [3.63, 3.8) is 0 Å². The third-order valence-electron chi connectivity index (χ3n) is 3.03. The summed E-state index contributed by atoms with van der Waals surface area (Å²) >= 11 is 1.44. The number of amides is 1. The lowest BCUT2D eigenvalue weighted by atomic mass is 9.93. The van der Waals surface area contributed by atoms with E-state index in [2.05, 4.69) is 36.2 Å². The van der Waals surface area contributed by atoms with Crippen molar-refractivity contribution in [1.29, 1.82) is 0 Å². The summed E-state index contributed by atoms with van der Waals surface area (Å²) in [7, 11) is 0. The number of nitrogens with zero attached hydrogens (tertiary/aromatic N) is 3. The number of nitrogens with one attached hydrogen (secondary N) is 1. The monoisotopic (exact) mass is 306 g/mol. The van der Waals surface area contributed by atoms with Crippen LogP contribution in [-0.2, 0) is 11.0 Å². The maximum absolute atomic E-state index is 12.2. The predicted octanol–water partition coefficient (Wildman–Crippen LogP) is 3.64. The van der Waals surface area contributed by atoms with Crippen molar-refractivity contribution in [3.8, 4) is 0 Å². The fraction of sp³-hybridized carbons (Fsp3) is 0.533. The zero-order valence-electron chi connectivity index (χ0n) is 13.4. The molecule has 0 saturated heterocycles. The second-order valence-electron chi connectivity index (χ2n) is 7.09. The lowest BCUT2D eigenvalue weighted by Crippen LogP contribution is -2.22. The highest BCUT2D eigenvalue weighted by atomic mass is 32.1. The van der Waals surface area contributed by atoms with Gasteiger partial charge in [0.2, 0.25) is 0 Å². The van der Waals surface area contributed by atoms with E-state index in [9.17, 15) is 4.79 Å². The molecule has 0 saturated carbocycles. The molecule has 1 amide bonds. The van der Waals surface area contributed by atoms with E-state index in [0.29, 0.717) is 10.7 Å². The lowest BCUT2D eigenvalue weighted by Gasteiger charge is -2.18. The molecule has 0 aromatic carbocycles. The fourth-order valence-corrected chi connectivity index (χ4v) is 2.58. The number of carbonyl (C=O) groups excluding carboxylic acids is 1. The van der Waals surface area contributed by atoms with Crippen molar-refractivity contribution in [3.05, 3.63) is 29.0 Å². The summed E-state index contributed by atoms with van der Waals surface area (Å²) in [6, 6.07) is 0. The summed E-state index contributed by atoms with van der Waals surface area (Å²) < 4.78 is 1.78. The molecule has 0 aliphatic heterocycles. The van der Waals surface area contributed by atoms with E-state index in [1.54, 1.807) is 17.1 Å². The molecule has 2 heterocycles. The Bertz CT molecular complexity index is 643. The standard InChI is InChI=1S/C15H22N4OS/c1-14(2,3)11-9-21-13(17-11)18-12(20)10-7-16-19(8-10)15(4,5)6/h7-9H,1-6H3,(H,17,18,20). The van der Waals surface area contributed by atoms with Gasteiger partial charge in [-0.3, -0.25) is 14.8 Å². The Hall–Kier alpha value is -1.69. The van der Waals surface area contributed by atoms with Gasteiger partial charge in [0, 0.05) is 17.0 Å². The maximum Gasteiger partial charge on any atom is 0.260 e. The van der Waals surface area contributed by atoms with Gasteiger partial charge in [0.05, 0.1) is 23.0 Å². The zero-order chi connectivity index (χ0) is 15.8. The smallest absolute Gasteiger partial charge is 0.260 e. The molecule has 0 bridgehead atoms. The fourth-order valence-electron chi connectivity index (χ4n) is 1.65. The van der Waals surface area contributed by atoms with Crippen molar-refractivity contribution in [1.82, 2.24) is 14.8 Å². The topological polar surface area (TPSA) is 59.8 Å². The van der Waals surface area contributed by atoms with Gasteiger partial charge in [-0.1, -0.05) is 20.8 Å². The Morgan fingerprint density at radius 1 is 1.24 bits per heavy atom. The summed E-state index contributed by atoms with van der Waals surface area (Å²) in [6.45, 7) is 12.4. The molecule has 0 fully saturated rings. The van der Waals surface area contributed by atoms with Crippen LogP contribution in [0.25, 0.3) is 0 Å². The van der Waals surface area contributed by atoms with Crippen LogP contribution in [0.2, 0.25) is 0 Å². The van der Waals surface area contributed by atoms with E-state index in [1.165, 1.54) is 11.3 Å². The SMILES string of the molecule is CC(C)(C)c1csc(NC(=O)c2cnn(C(C)(C)C)c2)n1. The highest BCUT2D eigenvalue weighted by molar-refractivity contribution is 7.14. The largest absolute Gasteiger partial charge is 0.298 e. The molecule has 1 N–H and O–H groups in total. The van der Waals surface area contributed by atoms with Gasteiger partial charge >= 0.3 is 0 Å². The average molecular weight is 306 g/mol. The van der Waals surface area contributed by atoms with Crippen LogP contribution in [0.15, 0.2) is 17.8 Å². The number of anilines is 1. The van der Waals surface area contributed by atoms with Gasteiger partial charge in [0.1, 0.15) is 0 Å². The van der Waals surface area contributed by atoms with Gasteiger partial charge in [0.15, 0.2) is 5.13 Å². The summed E-state index contributed by atoms with van der Waals surface area (Å²) in [6.07, 6.45) is 3.34. The Morgan fingerprint density at radius 3 is 2.38 bits per heavy atom. The molecule has 0 atom stereocenters. The quantitative estimate of drug-likeness (QED) is 0.921. The van der Waals surface area contributed by atoms with Crippen LogP contribution in [-0.4, -0.2) is 20.7 Å². The van der Waals surface area contributed by atoms with Crippen LogP contribution >= 0.6 is 11.3 Å². The lowest BCUT2D eigenvalue weighted by molar-refractivity contribution is 0.102. The van der Waals surface area contributed by atoms with E-state index in [4.69, 9.17) is 0 Å². The predicted molar refractivity (Wildman–Crippen MR) is 86.0 cm³/mol. The average Bonchev–Trinajstić information content (AvgIpc) is 2.94. The summed E-state index contributed by atoms with van der Waals surface area (Å²) in [5, 5.41) is 9.66. The number of hydrogen-bond donors (Lipinski definition) is 1. The zero-order valence-corrected chi connectivity index (χ0v) is 14.2. The normalized spacial score (nSPS) is 12.5. The van der Waals surface area contributed by atoms with E-state index in [0.717, 1.165) is 5.69 Å². The second kappa shape index (κ2) is 5.26. The van der Waals surface area contributed by atoms with Crippen LogP contribution in [0.3, 0.4) is 0 Å². The van der Waals surface area contributed by atoms with Crippen molar-refractivity contribution >= 4 is 22.4 Å². The summed E-state index contributed by atoms with van der Waals surface area (Å²) in [5.74, 6) is -0.180.